The van der Waals surface area contributed by atoms with Crippen molar-refractivity contribution in [3.05, 3.63) is 63.4 Å². The average molecular weight is 480 g/mol. The van der Waals surface area contributed by atoms with Crippen LogP contribution in [0.1, 0.15) is 5.01 Å². The summed E-state index contributed by atoms with van der Waals surface area (Å²) in [6.45, 7) is 0.215. The predicted molar refractivity (Wildman–Crippen MR) is 114 cm³/mol. The molecule has 0 fully saturated rings. The molecular weight excluding hydrogens is 466 g/mol. The Morgan fingerprint density at radius 2 is 1.81 bits per heavy atom. The van der Waals surface area contributed by atoms with Crippen LogP contribution in [0.3, 0.4) is 0 Å². The third-order valence-corrected chi connectivity index (χ3v) is 8.22. The van der Waals surface area contributed by atoms with Gasteiger partial charge in [0, 0.05) is 22.5 Å². The van der Waals surface area contributed by atoms with Crippen molar-refractivity contribution < 1.29 is 8.42 Å². The molecular formula is C18H14BrN3O2S3. The maximum absolute atomic E-state index is 12.9. The van der Waals surface area contributed by atoms with Crippen LogP contribution in [0.5, 0.6) is 0 Å². The SMILES string of the molecule is CN(Cc1nc2ccccc2s1)S(=O)(=O)c1csc(-c2ccc(Br)cc2)n1. The largest absolute Gasteiger partial charge is 0.261 e. The van der Waals surface area contributed by atoms with E-state index in [9.17, 15) is 8.42 Å². The molecule has 0 aliphatic heterocycles. The Morgan fingerprint density at radius 1 is 1.07 bits per heavy atom. The molecule has 0 aliphatic carbocycles. The molecule has 0 unspecified atom stereocenters. The molecule has 0 bridgehead atoms. The molecule has 138 valence electrons. The average Bonchev–Trinajstić information content (AvgIpc) is 3.29. The van der Waals surface area contributed by atoms with Crippen molar-refractivity contribution >= 4 is 58.8 Å². The summed E-state index contributed by atoms with van der Waals surface area (Å²) in [4.78, 5) is 8.85. The summed E-state index contributed by atoms with van der Waals surface area (Å²) >= 11 is 6.21. The Hall–Kier alpha value is -1.65. The summed E-state index contributed by atoms with van der Waals surface area (Å²) < 4.78 is 29.1. The van der Waals surface area contributed by atoms with E-state index in [2.05, 4.69) is 25.9 Å². The molecule has 27 heavy (non-hydrogen) atoms. The van der Waals surface area contributed by atoms with E-state index < -0.39 is 10.0 Å². The minimum Gasteiger partial charge on any atom is -0.240 e. The Bertz CT molecular complexity index is 1170. The van der Waals surface area contributed by atoms with Gasteiger partial charge in [0.05, 0.1) is 16.8 Å². The van der Waals surface area contributed by atoms with Gasteiger partial charge in [0.25, 0.3) is 10.0 Å². The maximum atomic E-state index is 12.9. The van der Waals surface area contributed by atoms with Gasteiger partial charge in [0.15, 0.2) is 5.03 Å². The van der Waals surface area contributed by atoms with Gasteiger partial charge in [-0.25, -0.2) is 18.4 Å². The van der Waals surface area contributed by atoms with E-state index in [-0.39, 0.29) is 11.6 Å². The fourth-order valence-electron chi connectivity index (χ4n) is 2.53. The summed E-state index contributed by atoms with van der Waals surface area (Å²) in [7, 11) is -2.12. The van der Waals surface area contributed by atoms with Crippen LogP contribution in [0.15, 0.2) is 63.4 Å². The number of aromatic nitrogens is 2. The van der Waals surface area contributed by atoms with Crippen molar-refractivity contribution in [3.8, 4) is 10.6 Å². The molecule has 0 aliphatic rings. The van der Waals surface area contributed by atoms with Crippen molar-refractivity contribution in [1.29, 1.82) is 0 Å². The number of hydrogen-bond acceptors (Lipinski definition) is 6. The van der Waals surface area contributed by atoms with Crippen LogP contribution >= 0.6 is 38.6 Å². The zero-order valence-corrected chi connectivity index (χ0v) is 18.2. The number of sulfonamides is 1. The fourth-order valence-corrected chi connectivity index (χ4v) is 6.09. The topological polar surface area (TPSA) is 63.2 Å². The first-order valence-electron chi connectivity index (χ1n) is 7.96. The van der Waals surface area contributed by atoms with E-state index in [1.807, 2.05) is 48.5 Å². The van der Waals surface area contributed by atoms with E-state index in [0.717, 1.165) is 25.3 Å². The Balaban J connectivity index is 1.58. The maximum Gasteiger partial charge on any atom is 0.261 e. The monoisotopic (exact) mass is 479 g/mol. The molecule has 0 radical (unpaired) electrons. The Kier molecular flexibility index (Phi) is 5.13. The highest BCUT2D eigenvalue weighted by Crippen LogP contribution is 2.29. The first kappa shape index (κ1) is 18.7. The minimum atomic E-state index is -3.68. The number of rotatable bonds is 5. The number of nitrogens with zero attached hydrogens (tertiary/aromatic N) is 3. The van der Waals surface area contributed by atoms with E-state index in [4.69, 9.17) is 0 Å². The highest BCUT2D eigenvalue weighted by atomic mass is 79.9. The number of hydrogen-bond donors (Lipinski definition) is 0. The molecule has 2 aromatic heterocycles. The summed E-state index contributed by atoms with van der Waals surface area (Å²) in [6.07, 6.45) is 0. The van der Waals surface area contributed by atoms with Crippen LogP contribution in [-0.4, -0.2) is 29.7 Å². The second kappa shape index (κ2) is 7.40. The van der Waals surface area contributed by atoms with Crippen molar-refractivity contribution in [2.24, 2.45) is 0 Å². The molecule has 2 aromatic carbocycles. The number of para-hydroxylation sites is 1. The first-order chi connectivity index (χ1) is 12.9. The third kappa shape index (κ3) is 3.83. The van der Waals surface area contributed by atoms with Crippen LogP contribution in [-0.2, 0) is 16.6 Å². The Labute approximate surface area is 173 Å². The molecule has 0 saturated carbocycles. The molecule has 0 spiro atoms. The lowest BCUT2D eigenvalue weighted by molar-refractivity contribution is 0.464. The van der Waals surface area contributed by atoms with E-state index >= 15 is 0 Å². The first-order valence-corrected chi connectivity index (χ1v) is 11.9. The van der Waals surface area contributed by atoms with Gasteiger partial charge in [0.1, 0.15) is 10.0 Å². The second-order valence-corrected chi connectivity index (χ2v) is 10.7. The van der Waals surface area contributed by atoms with Crippen molar-refractivity contribution in [2.75, 3.05) is 7.05 Å². The summed E-state index contributed by atoms with van der Waals surface area (Å²) in [5, 5.41) is 3.08. The van der Waals surface area contributed by atoms with Crippen molar-refractivity contribution in [1.82, 2.24) is 14.3 Å². The smallest absolute Gasteiger partial charge is 0.240 e. The summed E-state index contributed by atoms with van der Waals surface area (Å²) in [6, 6.07) is 15.4. The van der Waals surface area contributed by atoms with Gasteiger partial charge >= 0.3 is 0 Å². The number of halogens is 1. The molecule has 4 aromatic rings. The third-order valence-electron chi connectivity index (χ3n) is 3.94. The molecule has 4 rings (SSSR count). The van der Waals surface area contributed by atoms with Crippen LogP contribution in [0.2, 0.25) is 0 Å². The van der Waals surface area contributed by atoms with Crippen LogP contribution in [0.25, 0.3) is 20.8 Å². The predicted octanol–water partition coefficient (Wildman–Crippen LogP) is 5.00. The molecule has 2 heterocycles. The van der Waals surface area contributed by atoms with Gasteiger partial charge < -0.3 is 0 Å². The lowest BCUT2D eigenvalue weighted by Crippen LogP contribution is -2.26. The fraction of sp³-hybridized carbons (Fsp3) is 0.111. The zero-order valence-electron chi connectivity index (χ0n) is 14.2. The molecule has 9 heteroatoms. The lowest BCUT2D eigenvalue weighted by atomic mass is 10.2. The van der Waals surface area contributed by atoms with Crippen LogP contribution < -0.4 is 0 Å². The number of fused-ring (bicyclic) bond motifs is 1. The van der Waals surface area contributed by atoms with E-state index in [1.54, 1.807) is 12.4 Å². The molecule has 0 atom stereocenters. The summed E-state index contributed by atoms with van der Waals surface area (Å²) in [5.41, 5.74) is 1.77. The van der Waals surface area contributed by atoms with Gasteiger partial charge in [-0.3, -0.25) is 0 Å². The minimum absolute atomic E-state index is 0.0639. The van der Waals surface area contributed by atoms with E-state index in [0.29, 0.717) is 5.01 Å². The second-order valence-electron chi connectivity index (χ2n) is 5.83. The van der Waals surface area contributed by atoms with Crippen LogP contribution in [0, 0.1) is 0 Å². The van der Waals surface area contributed by atoms with Gasteiger partial charge in [-0.05, 0) is 24.3 Å². The highest BCUT2D eigenvalue weighted by molar-refractivity contribution is 9.10. The Morgan fingerprint density at radius 3 is 2.56 bits per heavy atom. The normalized spacial score (nSPS) is 12.1. The van der Waals surface area contributed by atoms with Gasteiger partial charge in [-0.1, -0.05) is 40.2 Å². The van der Waals surface area contributed by atoms with Gasteiger partial charge in [0.2, 0.25) is 0 Å². The molecule has 0 saturated heterocycles. The number of benzene rings is 2. The summed E-state index contributed by atoms with van der Waals surface area (Å²) in [5.74, 6) is 0. The quantitative estimate of drug-likeness (QED) is 0.403. The van der Waals surface area contributed by atoms with Crippen LogP contribution in [0.4, 0.5) is 0 Å². The molecule has 0 N–H and O–H groups in total. The highest BCUT2D eigenvalue weighted by Gasteiger charge is 2.25. The molecule has 0 amide bonds. The standard InChI is InChI=1S/C18H14BrN3O2S3/c1-22(10-16-20-14-4-2-3-5-15(14)26-16)27(23,24)17-11-25-18(21-17)12-6-8-13(19)9-7-12/h2-9,11H,10H2,1H3. The van der Waals surface area contributed by atoms with Gasteiger partial charge in [-0.15, -0.1) is 22.7 Å². The van der Waals surface area contributed by atoms with Crippen molar-refractivity contribution in [3.63, 3.8) is 0 Å². The zero-order chi connectivity index (χ0) is 19.0. The van der Waals surface area contributed by atoms with Gasteiger partial charge in [-0.2, -0.15) is 4.31 Å². The number of thiazole rings is 2. The molecule has 5 nitrogen and oxygen atoms in total. The lowest BCUT2D eigenvalue weighted by Gasteiger charge is -2.13. The van der Waals surface area contributed by atoms with E-state index in [1.165, 1.54) is 27.0 Å². The van der Waals surface area contributed by atoms with Crippen molar-refractivity contribution in [2.45, 2.75) is 11.6 Å².